The van der Waals surface area contributed by atoms with Crippen molar-refractivity contribution in [3.05, 3.63) is 41.1 Å². The topological polar surface area (TPSA) is 31.5 Å². The maximum atomic E-state index is 12.4. The molecule has 0 bridgehead atoms. The third-order valence-corrected chi connectivity index (χ3v) is 5.55. The van der Waals surface area contributed by atoms with Gasteiger partial charge in [0.05, 0.1) is 11.6 Å². The molecule has 1 aromatic rings. The number of rotatable bonds is 1. The van der Waals surface area contributed by atoms with E-state index in [-0.39, 0.29) is 25.0 Å². The second kappa shape index (κ2) is 17.8. The van der Waals surface area contributed by atoms with Gasteiger partial charge in [0.2, 0.25) is 0 Å². The maximum Gasteiger partial charge on any atom is 3.00 e. The van der Waals surface area contributed by atoms with Crippen LogP contribution >= 0.6 is 7.92 Å². The summed E-state index contributed by atoms with van der Waals surface area (Å²) in [6, 6.07) is 0. The third kappa shape index (κ3) is 14.7. The molecule has 0 spiro atoms. The third-order valence-electron chi connectivity index (χ3n) is 5.55. The summed E-state index contributed by atoms with van der Waals surface area (Å²) in [4.78, 5) is 0. The molecule has 2 N–H and O–H groups in total. The van der Waals surface area contributed by atoms with Gasteiger partial charge in [-0.3, -0.25) is 17.6 Å². The molecule has 0 amide bonds. The van der Waals surface area contributed by atoms with Crippen LogP contribution < -0.4 is 0 Å². The first-order valence-corrected chi connectivity index (χ1v) is 12.5. The van der Waals surface area contributed by atoms with Gasteiger partial charge in [-0.05, 0) is 55.1 Å². The molecule has 210 valence electrons. The Balaban J connectivity index is -0.000000201. The Morgan fingerprint density at radius 3 is 0.857 bits per heavy atom. The van der Waals surface area contributed by atoms with E-state index in [0.29, 0.717) is 7.92 Å². The zero-order valence-corrected chi connectivity index (χ0v) is 22.9. The van der Waals surface area contributed by atoms with Gasteiger partial charge < -0.3 is 22.7 Å². The number of halogens is 11. The smallest absolute Gasteiger partial charge is 0.418 e. The first-order chi connectivity index (χ1) is 14.7. The van der Waals surface area contributed by atoms with Gasteiger partial charge in [0, 0.05) is 0 Å². The van der Waals surface area contributed by atoms with Gasteiger partial charge in [-0.25, -0.2) is 13.2 Å². The molecule has 2 rings (SSSR count). The molecule has 1 aliphatic rings. The first kappa shape index (κ1) is 41.5. The Labute approximate surface area is 213 Å². The van der Waals surface area contributed by atoms with Gasteiger partial charge in [-0.2, -0.15) is 0 Å². The molecule has 0 aliphatic heterocycles. The molecule has 1 nitrogen and oxygen atoms in total. The Bertz CT molecular complexity index is 655. The van der Waals surface area contributed by atoms with Crippen molar-refractivity contribution in [1.82, 2.24) is 0 Å². The molecule has 0 unspecified atom stereocenters. The van der Waals surface area contributed by atoms with Crippen molar-refractivity contribution in [3.63, 3.8) is 0 Å². The predicted molar refractivity (Wildman–Crippen MR) is 115 cm³/mol. The van der Waals surface area contributed by atoms with Crippen molar-refractivity contribution < 1.29 is 72.9 Å². The first-order valence-electron chi connectivity index (χ1n) is 9.84. The standard InChI is InChI=1S/C10H20.C7F7.C3H9P.BF4.H2O.Rh/c1-6-7(2)9(4)10(5)8(6)3;8-2-1(7(13)14)3(9)5(11)6(12)4(2)10;1-4(2)3;2-1(3,4)5;;/h6-10H,1-5H3;;1-3H3;;1H2;/q;-1;;-1;;+3. The van der Waals surface area contributed by atoms with Crippen molar-refractivity contribution in [2.45, 2.75) is 34.6 Å². The summed E-state index contributed by atoms with van der Waals surface area (Å²) in [6.45, 7) is 18.7. The molecule has 1 aromatic carbocycles. The minimum atomic E-state index is -6.00. The fourth-order valence-corrected chi connectivity index (χ4v) is 3.16. The molecule has 0 aromatic heterocycles. The Morgan fingerprint density at radius 2 is 0.714 bits per heavy atom. The van der Waals surface area contributed by atoms with Crippen LogP contribution in [0.5, 0.6) is 0 Å². The van der Waals surface area contributed by atoms with E-state index < -0.39 is 48.3 Å². The van der Waals surface area contributed by atoms with Gasteiger partial charge in [-0.15, -0.1) is 7.92 Å². The van der Waals surface area contributed by atoms with Crippen LogP contribution in [0, 0.1) is 65.1 Å². The van der Waals surface area contributed by atoms with Crippen LogP contribution in [0.15, 0.2) is 0 Å². The Morgan fingerprint density at radius 1 is 0.571 bits per heavy atom. The molecule has 0 heterocycles. The molecule has 1 saturated carbocycles. The van der Waals surface area contributed by atoms with Crippen LogP contribution in [0.25, 0.3) is 0 Å². The Hall–Kier alpha value is -0.602. The van der Waals surface area contributed by atoms with Crippen LogP contribution in [0.2, 0.25) is 0 Å². The Kier molecular flexibility index (Phi) is 21.1. The molecular weight excluding hydrogens is 610 g/mol. The average molecular weight is 641 g/mol. The van der Waals surface area contributed by atoms with Crippen LogP contribution in [0.3, 0.4) is 0 Å². The van der Waals surface area contributed by atoms with Crippen molar-refractivity contribution in [1.29, 1.82) is 0 Å². The SMILES string of the molecule is CC1C(C)C(C)C(C)C1C.CP(C)C.F[B-](F)(F)F.Fc1c(F)c(F)c([C-](F)F)c(F)c1F.O.[Rh+3]. The number of hydrogen-bond acceptors (Lipinski definition) is 0. The summed E-state index contributed by atoms with van der Waals surface area (Å²) in [7, 11) is -5.62. The summed E-state index contributed by atoms with van der Waals surface area (Å²) in [5, 5.41) is 0. The fourth-order valence-electron chi connectivity index (χ4n) is 3.16. The van der Waals surface area contributed by atoms with E-state index in [2.05, 4.69) is 54.6 Å². The molecule has 1 aliphatic carbocycles. The van der Waals surface area contributed by atoms with E-state index in [1.54, 1.807) is 0 Å². The zero-order chi connectivity index (χ0) is 27.0. The maximum absolute atomic E-state index is 12.4. The average Bonchev–Trinajstić information content (AvgIpc) is 2.81. The number of hydrogen-bond donors (Lipinski definition) is 0. The van der Waals surface area contributed by atoms with Crippen LogP contribution in [0.1, 0.15) is 40.2 Å². The largest absolute Gasteiger partial charge is 3.00 e. The van der Waals surface area contributed by atoms with Crippen LogP contribution in [-0.2, 0) is 19.5 Å². The summed E-state index contributed by atoms with van der Waals surface area (Å²) in [5.74, 6) is -7.67. The molecule has 0 atom stereocenters. The quantitative estimate of drug-likeness (QED) is 0.0741. The molecule has 35 heavy (non-hydrogen) atoms. The van der Waals surface area contributed by atoms with Crippen molar-refractivity contribution in [2.24, 2.45) is 29.6 Å². The van der Waals surface area contributed by atoms with E-state index in [1.165, 1.54) is 0 Å². The van der Waals surface area contributed by atoms with Gasteiger partial charge in [-0.1, -0.05) is 34.6 Å². The van der Waals surface area contributed by atoms with E-state index in [4.69, 9.17) is 0 Å². The van der Waals surface area contributed by atoms with E-state index in [0.717, 1.165) is 29.6 Å². The van der Waals surface area contributed by atoms with Gasteiger partial charge in [0.1, 0.15) is 11.6 Å². The summed E-state index contributed by atoms with van der Waals surface area (Å²) in [6.07, 6.45) is -2.97. The molecule has 0 saturated heterocycles. The summed E-state index contributed by atoms with van der Waals surface area (Å²) >= 11 is 0. The van der Waals surface area contributed by atoms with Crippen molar-refractivity contribution >= 4 is 15.2 Å². The van der Waals surface area contributed by atoms with Crippen molar-refractivity contribution in [3.8, 4) is 0 Å². The minimum absolute atomic E-state index is 0. The van der Waals surface area contributed by atoms with E-state index in [9.17, 15) is 48.0 Å². The minimum Gasteiger partial charge on any atom is -0.418 e. The zero-order valence-electron chi connectivity index (χ0n) is 20.4. The normalized spacial score (nSPS) is 22.8. The second-order valence-electron chi connectivity index (χ2n) is 8.34. The van der Waals surface area contributed by atoms with Crippen LogP contribution in [0.4, 0.5) is 48.0 Å². The number of benzene rings is 1. The predicted octanol–water partition coefficient (Wildman–Crippen LogP) is 8.17. The van der Waals surface area contributed by atoms with Gasteiger partial charge in [0.25, 0.3) is 0 Å². The molecule has 1 fully saturated rings. The molecule has 0 radical (unpaired) electrons. The van der Waals surface area contributed by atoms with Gasteiger partial charge >= 0.3 is 26.7 Å². The summed E-state index contributed by atoms with van der Waals surface area (Å²) in [5.41, 5.74) is -2.19. The fraction of sp³-hybridized carbons (Fsp3) is 0.650. The molecule has 15 heteroatoms. The molecular formula is C20H31BF11OPRh+. The monoisotopic (exact) mass is 641 g/mol. The van der Waals surface area contributed by atoms with Crippen molar-refractivity contribution in [2.75, 3.05) is 20.0 Å². The van der Waals surface area contributed by atoms with E-state index in [1.807, 2.05) is 0 Å². The summed E-state index contributed by atoms with van der Waals surface area (Å²) < 4.78 is 124. The van der Waals surface area contributed by atoms with Gasteiger partial charge in [0.15, 0.2) is 12.2 Å². The van der Waals surface area contributed by atoms with Crippen LogP contribution in [-0.4, -0.2) is 32.7 Å². The van der Waals surface area contributed by atoms with E-state index >= 15 is 0 Å². The second-order valence-corrected chi connectivity index (χ2v) is 11.0.